The van der Waals surface area contributed by atoms with E-state index in [-0.39, 0.29) is 11.3 Å². The fraction of sp³-hybridized carbons (Fsp3) is 0.344. The highest BCUT2D eigenvalue weighted by molar-refractivity contribution is 7.81. The summed E-state index contributed by atoms with van der Waals surface area (Å²) in [6.45, 7) is 18.2. The first kappa shape index (κ1) is 33.5. The van der Waals surface area contributed by atoms with Gasteiger partial charge in [0.15, 0.2) is 5.11 Å². The standard InChI is InChI=1S/C28H31BN4O3S.2C2H6/c1-18-13-19(2)15-21(14-18)26(35)32(17-28(3,4)5)31-25(34)20-11-12-23-24(16-20)30-27(37)33(29(23)36)22-9-7-6-8-10-22;2*1-2/h6-16,36H,17H2,1-5H3,(H,30,37)(H,31,34);2*1-2H3. The molecule has 1 aliphatic heterocycles. The Bertz CT molecular complexity index is 1340. The summed E-state index contributed by atoms with van der Waals surface area (Å²) < 4.78 is 0. The van der Waals surface area contributed by atoms with Crippen LogP contribution in [-0.4, -0.2) is 40.6 Å². The van der Waals surface area contributed by atoms with Gasteiger partial charge in [-0.1, -0.05) is 89.9 Å². The fourth-order valence-corrected chi connectivity index (χ4v) is 4.70. The number of hydrazine groups is 1. The Hall–Kier alpha value is -3.69. The third-order valence-corrected chi connectivity index (χ3v) is 6.21. The van der Waals surface area contributed by atoms with Gasteiger partial charge in [0.2, 0.25) is 0 Å². The van der Waals surface area contributed by atoms with E-state index < -0.39 is 13.0 Å². The van der Waals surface area contributed by atoms with E-state index in [1.807, 2.05) is 111 Å². The van der Waals surface area contributed by atoms with Crippen molar-refractivity contribution >= 4 is 53.0 Å². The van der Waals surface area contributed by atoms with Crippen LogP contribution < -0.4 is 21.0 Å². The Labute approximate surface area is 251 Å². The lowest BCUT2D eigenvalue weighted by Crippen LogP contribution is -2.58. The van der Waals surface area contributed by atoms with Gasteiger partial charge in [0.25, 0.3) is 11.8 Å². The zero-order chi connectivity index (χ0) is 30.9. The summed E-state index contributed by atoms with van der Waals surface area (Å²) in [6, 6.07) is 20.0. The number of thiocarbonyl (C=S) groups is 1. The molecule has 2 amide bonds. The number of amides is 2. The molecule has 0 bridgehead atoms. The van der Waals surface area contributed by atoms with Crippen LogP contribution in [0.25, 0.3) is 0 Å². The molecule has 0 saturated carbocycles. The number of para-hydroxylation sites is 1. The molecule has 0 aliphatic carbocycles. The minimum absolute atomic E-state index is 0.254. The number of aryl methyl sites for hydroxylation is 2. The van der Waals surface area contributed by atoms with Gasteiger partial charge in [-0.15, -0.1) is 0 Å². The van der Waals surface area contributed by atoms with E-state index in [1.54, 1.807) is 23.0 Å². The van der Waals surface area contributed by atoms with Crippen LogP contribution >= 0.6 is 12.2 Å². The molecule has 0 aromatic heterocycles. The minimum atomic E-state index is -1.01. The summed E-state index contributed by atoms with van der Waals surface area (Å²) in [6.07, 6.45) is 0. The molecule has 0 spiro atoms. The quantitative estimate of drug-likeness (QED) is 0.199. The summed E-state index contributed by atoms with van der Waals surface area (Å²) >= 11 is 5.51. The third kappa shape index (κ3) is 8.65. The van der Waals surface area contributed by atoms with E-state index in [4.69, 9.17) is 12.2 Å². The number of rotatable bonds is 4. The first-order valence-electron chi connectivity index (χ1n) is 14.1. The highest BCUT2D eigenvalue weighted by Crippen LogP contribution is 2.23. The second-order valence-electron chi connectivity index (χ2n) is 10.6. The summed E-state index contributed by atoms with van der Waals surface area (Å²) in [7, 11) is -1.01. The summed E-state index contributed by atoms with van der Waals surface area (Å²) in [5, 5.41) is 15.9. The second-order valence-corrected chi connectivity index (χ2v) is 11.0. The molecular weight excluding hydrogens is 531 g/mol. The number of nitrogens with one attached hydrogen (secondary N) is 2. The molecule has 41 heavy (non-hydrogen) atoms. The van der Waals surface area contributed by atoms with E-state index in [0.29, 0.717) is 33.9 Å². The summed E-state index contributed by atoms with van der Waals surface area (Å²) in [5.74, 6) is -0.710. The Kier molecular flexibility index (Phi) is 12.1. The van der Waals surface area contributed by atoms with Crippen LogP contribution in [-0.2, 0) is 0 Å². The Morgan fingerprint density at radius 1 is 0.927 bits per heavy atom. The number of anilines is 2. The minimum Gasteiger partial charge on any atom is -0.428 e. The maximum atomic E-state index is 13.4. The van der Waals surface area contributed by atoms with E-state index >= 15 is 0 Å². The van der Waals surface area contributed by atoms with Crippen molar-refractivity contribution in [2.24, 2.45) is 5.41 Å². The average molecular weight is 575 g/mol. The van der Waals surface area contributed by atoms with Crippen molar-refractivity contribution in [3.05, 3.63) is 89.0 Å². The third-order valence-electron chi connectivity index (χ3n) is 5.92. The predicted molar refractivity (Wildman–Crippen MR) is 176 cm³/mol. The fourth-order valence-electron chi connectivity index (χ4n) is 4.38. The molecule has 1 aliphatic rings. The molecule has 0 atom stereocenters. The Morgan fingerprint density at radius 3 is 2.07 bits per heavy atom. The second kappa shape index (κ2) is 14.8. The molecule has 0 unspecified atom stereocenters. The zero-order valence-corrected chi connectivity index (χ0v) is 26.5. The lowest BCUT2D eigenvalue weighted by molar-refractivity contribution is 0.0509. The largest absolute Gasteiger partial charge is 0.457 e. The SMILES string of the molecule is CC.CC.Cc1cc(C)cc(C(=O)N(CC(C)(C)C)NC(=O)c2ccc3c(c2)NC(=S)N(c2ccccc2)B3O)c1. The molecule has 1 heterocycles. The maximum Gasteiger partial charge on any atom is 0.457 e. The van der Waals surface area contributed by atoms with Crippen molar-refractivity contribution in [3.63, 3.8) is 0 Å². The van der Waals surface area contributed by atoms with Gasteiger partial charge in [0, 0.05) is 29.0 Å². The first-order chi connectivity index (χ1) is 19.4. The summed E-state index contributed by atoms with van der Waals surface area (Å²) in [5.41, 5.74) is 7.24. The maximum absolute atomic E-state index is 13.4. The molecule has 9 heteroatoms. The van der Waals surface area contributed by atoms with Crippen LogP contribution in [0, 0.1) is 19.3 Å². The molecular formula is C32H43BN4O3S. The zero-order valence-electron chi connectivity index (χ0n) is 25.7. The highest BCUT2D eigenvalue weighted by Gasteiger charge is 2.35. The van der Waals surface area contributed by atoms with Crippen molar-refractivity contribution in [3.8, 4) is 0 Å². The van der Waals surface area contributed by atoms with Gasteiger partial charge < -0.3 is 15.2 Å². The molecule has 218 valence electrons. The van der Waals surface area contributed by atoms with E-state index in [9.17, 15) is 14.6 Å². The number of fused-ring (bicyclic) bond motifs is 1. The molecule has 0 radical (unpaired) electrons. The number of hydrogen-bond acceptors (Lipinski definition) is 4. The molecule has 0 saturated heterocycles. The van der Waals surface area contributed by atoms with Gasteiger partial charge in [-0.2, -0.15) is 0 Å². The van der Waals surface area contributed by atoms with E-state index in [0.717, 1.165) is 16.8 Å². The first-order valence-corrected chi connectivity index (χ1v) is 14.5. The van der Waals surface area contributed by atoms with Crippen molar-refractivity contribution in [1.29, 1.82) is 0 Å². The van der Waals surface area contributed by atoms with Gasteiger partial charge in [-0.25, -0.2) is 5.01 Å². The lowest BCUT2D eigenvalue weighted by Gasteiger charge is -2.34. The number of carbonyl (C=O) groups is 2. The van der Waals surface area contributed by atoms with Crippen LogP contribution in [0.5, 0.6) is 0 Å². The van der Waals surface area contributed by atoms with Crippen LogP contribution in [0.3, 0.4) is 0 Å². The van der Waals surface area contributed by atoms with Crippen LogP contribution in [0.2, 0.25) is 0 Å². The topological polar surface area (TPSA) is 84.9 Å². The van der Waals surface area contributed by atoms with Crippen LogP contribution in [0.4, 0.5) is 11.4 Å². The smallest absolute Gasteiger partial charge is 0.428 e. The van der Waals surface area contributed by atoms with Crippen molar-refractivity contribution in [2.75, 3.05) is 16.7 Å². The normalized spacial score (nSPS) is 12.1. The van der Waals surface area contributed by atoms with Gasteiger partial charge >= 0.3 is 7.05 Å². The Morgan fingerprint density at radius 2 is 1.51 bits per heavy atom. The number of nitrogens with zero attached hydrogens (tertiary/aromatic N) is 2. The average Bonchev–Trinajstić information content (AvgIpc) is 2.93. The lowest BCUT2D eigenvalue weighted by atomic mass is 9.69. The molecule has 3 N–H and O–H groups in total. The van der Waals surface area contributed by atoms with Crippen molar-refractivity contribution < 1.29 is 14.6 Å². The number of carbonyl (C=O) groups excluding carboxylic acids is 2. The monoisotopic (exact) mass is 574 g/mol. The number of benzene rings is 3. The van der Waals surface area contributed by atoms with Crippen LogP contribution in [0.1, 0.15) is 80.3 Å². The van der Waals surface area contributed by atoms with E-state index in [2.05, 4.69) is 10.7 Å². The summed E-state index contributed by atoms with van der Waals surface area (Å²) in [4.78, 5) is 28.3. The molecule has 0 fully saturated rings. The van der Waals surface area contributed by atoms with Gasteiger partial charge in [0.1, 0.15) is 0 Å². The Balaban J connectivity index is 0.00000141. The van der Waals surface area contributed by atoms with E-state index in [1.165, 1.54) is 5.01 Å². The van der Waals surface area contributed by atoms with Crippen molar-refractivity contribution in [1.82, 2.24) is 10.4 Å². The van der Waals surface area contributed by atoms with Gasteiger partial charge in [-0.05, 0) is 73.3 Å². The predicted octanol–water partition coefficient (Wildman–Crippen LogP) is 6.09. The molecule has 3 aromatic rings. The van der Waals surface area contributed by atoms with Crippen LogP contribution in [0.15, 0.2) is 66.7 Å². The molecule has 4 rings (SSSR count). The van der Waals surface area contributed by atoms with Crippen molar-refractivity contribution in [2.45, 2.75) is 62.3 Å². The van der Waals surface area contributed by atoms with Gasteiger partial charge in [0.05, 0.1) is 0 Å². The molecule has 3 aromatic carbocycles. The highest BCUT2D eigenvalue weighted by atomic mass is 32.1. The van der Waals surface area contributed by atoms with Gasteiger partial charge in [-0.3, -0.25) is 15.0 Å². The number of hydrogen-bond donors (Lipinski definition) is 3. The molecule has 7 nitrogen and oxygen atoms in total.